The number of aromatic nitrogens is 2. The van der Waals surface area contributed by atoms with Gasteiger partial charge in [-0.05, 0) is 46.5 Å². The van der Waals surface area contributed by atoms with Crippen LogP contribution in [-0.4, -0.2) is 9.55 Å². The Kier molecular flexibility index (Phi) is 4.17. The lowest BCUT2D eigenvalue weighted by atomic mass is 10.0. The van der Waals surface area contributed by atoms with Crippen LogP contribution in [-0.2, 0) is 13.0 Å². The van der Waals surface area contributed by atoms with E-state index >= 15 is 0 Å². The molecular formula is C26H22N2. The van der Waals surface area contributed by atoms with E-state index in [1.807, 2.05) is 0 Å². The summed E-state index contributed by atoms with van der Waals surface area (Å²) in [6, 6.07) is 32.2. The minimum atomic E-state index is 0.821. The van der Waals surface area contributed by atoms with E-state index in [0.29, 0.717) is 0 Å². The van der Waals surface area contributed by atoms with Gasteiger partial charge in [-0.3, -0.25) is 0 Å². The third-order valence-electron chi connectivity index (χ3n) is 5.55. The zero-order chi connectivity index (χ0) is 18.9. The molecule has 0 N–H and O–H groups in total. The maximum atomic E-state index is 5.00. The van der Waals surface area contributed by atoms with Crippen molar-refractivity contribution in [1.82, 2.24) is 9.55 Å². The summed E-state index contributed by atoms with van der Waals surface area (Å²) in [6.07, 6.45) is 0.821. The molecule has 28 heavy (non-hydrogen) atoms. The summed E-state index contributed by atoms with van der Waals surface area (Å²) in [5, 5.41) is 2.58. The lowest BCUT2D eigenvalue weighted by Crippen LogP contribution is -2.07. The number of aryl methyl sites for hydroxylation is 1. The first-order chi connectivity index (χ1) is 13.8. The van der Waals surface area contributed by atoms with Gasteiger partial charge in [0.15, 0.2) is 0 Å². The smallest absolute Gasteiger partial charge is 0.114 e. The minimum absolute atomic E-state index is 0.821. The van der Waals surface area contributed by atoms with Gasteiger partial charge in [0.05, 0.1) is 11.0 Å². The van der Waals surface area contributed by atoms with Crippen molar-refractivity contribution in [3.63, 3.8) is 0 Å². The topological polar surface area (TPSA) is 17.8 Å². The molecule has 0 saturated heterocycles. The molecule has 5 aromatic rings. The summed E-state index contributed by atoms with van der Waals surface area (Å²) in [5.74, 6) is 1.11. The van der Waals surface area contributed by atoms with Crippen molar-refractivity contribution in [2.75, 3.05) is 0 Å². The second-order valence-electron chi connectivity index (χ2n) is 7.34. The molecule has 136 valence electrons. The molecule has 0 aliphatic rings. The van der Waals surface area contributed by atoms with E-state index in [1.54, 1.807) is 0 Å². The normalized spacial score (nSPS) is 11.3. The van der Waals surface area contributed by atoms with Crippen molar-refractivity contribution in [3.8, 4) is 0 Å². The van der Waals surface area contributed by atoms with Crippen LogP contribution in [0.15, 0.2) is 91.0 Å². The highest BCUT2D eigenvalue weighted by Crippen LogP contribution is 2.25. The van der Waals surface area contributed by atoms with Gasteiger partial charge in [-0.25, -0.2) is 4.98 Å². The fourth-order valence-electron chi connectivity index (χ4n) is 4.01. The Balaban J connectivity index is 1.64. The first kappa shape index (κ1) is 16.8. The van der Waals surface area contributed by atoms with Gasteiger partial charge in [-0.2, -0.15) is 0 Å². The van der Waals surface area contributed by atoms with Crippen molar-refractivity contribution in [2.24, 2.45) is 0 Å². The molecule has 2 nitrogen and oxygen atoms in total. The highest BCUT2D eigenvalue weighted by molar-refractivity contribution is 5.86. The summed E-state index contributed by atoms with van der Waals surface area (Å²) < 4.78 is 2.37. The number of rotatable bonds is 4. The fraction of sp³-hybridized carbons (Fsp3) is 0.115. The van der Waals surface area contributed by atoms with E-state index in [9.17, 15) is 0 Å². The Morgan fingerprint density at radius 2 is 1.43 bits per heavy atom. The Morgan fingerprint density at radius 3 is 2.36 bits per heavy atom. The van der Waals surface area contributed by atoms with Crippen LogP contribution in [0.5, 0.6) is 0 Å². The van der Waals surface area contributed by atoms with Crippen molar-refractivity contribution in [3.05, 3.63) is 114 Å². The van der Waals surface area contributed by atoms with Gasteiger partial charge < -0.3 is 4.57 Å². The number of hydrogen-bond acceptors (Lipinski definition) is 1. The van der Waals surface area contributed by atoms with Crippen LogP contribution in [0.25, 0.3) is 21.8 Å². The first-order valence-electron chi connectivity index (χ1n) is 9.75. The van der Waals surface area contributed by atoms with Crippen LogP contribution in [0.4, 0.5) is 0 Å². The largest absolute Gasteiger partial charge is 0.323 e. The Labute approximate surface area is 165 Å². The molecule has 0 saturated carbocycles. The second kappa shape index (κ2) is 6.97. The van der Waals surface area contributed by atoms with Gasteiger partial charge in [-0.1, -0.05) is 78.9 Å². The molecule has 0 aliphatic heterocycles. The molecule has 0 bridgehead atoms. The second-order valence-corrected chi connectivity index (χ2v) is 7.34. The van der Waals surface area contributed by atoms with E-state index in [-0.39, 0.29) is 0 Å². The SMILES string of the molecule is Cc1ccccc1Cn1c(Cc2cccc3ccccc23)nc2ccccc21. The van der Waals surface area contributed by atoms with Gasteiger partial charge in [0.1, 0.15) is 5.82 Å². The van der Waals surface area contributed by atoms with Crippen molar-refractivity contribution >= 4 is 21.8 Å². The Morgan fingerprint density at radius 1 is 0.714 bits per heavy atom. The van der Waals surface area contributed by atoms with Crippen LogP contribution >= 0.6 is 0 Å². The highest BCUT2D eigenvalue weighted by atomic mass is 15.1. The van der Waals surface area contributed by atoms with Gasteiger partial charge in [-0.15, -0.1) is 0 Å². The average Bonchev–Trinajstić information content (AvgIpc) is 3.07. The summed E-state index contributed by atoms with van der Waals surface area (Å²) in [5.41, 5.74) is 6.23. The van der Waals surface area contributed by atoms with E-state index in [2.05, 4.69) is 102 Å². The van der Waals surface area contributed by atoms with E-state index < -0.39 is 0 Å². The standard InChI is InChI=1S/C26H22N2/c1-19-9-2-3-11-22(19)18-28-25-16-7-6-15-24(25)27-26(28)17-21-13-8-12-20-10-4-5-14-23(20)21/h2-16H,17-18H2,1H3. The van der Waals surface area contributed by atoms with Crippen molar-refractivity contribution in [1.29, 1.82) is 0 Å². The number of nitrogens with zero attached hydrogens (tertiary/aromatic N) is 2. The molecule has 1 aromatic heterocycles. The monoisotopic (exact) mass is 362 g/mol. The predicted molar refractivity (Wildman–Crippen MR) is 117 cm³/mol. The van der Waals surface area contributed by atoms with Crippen LogP contribution in [0, 0.1) is 6.92 Å². The lowest BCUT2D eigenvalue weighted by Gasteiger charge is -2.12. The summed E-state index contributed by atoms with van der Waals surface area (Å²) in [7, 11) is 0. The van der Waals surface area contributed by atoms with Crippen molar-refractivity contribution in [2.45, 2.75) is 19.9 Å². The Bertz CT molecular complexity index is 1270. The molecule has 0 radical (unpaired) electrons. The maximum Gasteiger partial charge on any atom is 0.114 e. The molecule has 0 atom stereocenters. The number of benzene rings is 4. The maximum absolute atomic E-state index is 5.00. The van der Waals surface area contributed by atoms with Gasteiger partial charge in [0.25, 0.3) is 0 Å². The van der Waals surface area contributed by atoms with Crippen LogP contribution in [0.2, 0.25) is 0 Å². The predicted octanol–water partition coefficient (Wildman–Crippen LogP) is 6.14. The number of imidazole rings is 1. The molecule has 5 rings (SSSR count). The number of para-hydroxylation sites is 2. The minimum Gasteiger partial charge on any atom is -0.323 e. The third kappa shape index (κ3) is 2.97. The van der Waals surface area contributed by atoms with Crippen molar-refractivity contribution < 1.29 is 0 Å². The van der Waals surface area contributed by atoms with E-state index in [0.717, 1.165) is 24.3 Å². The quantitative estimate of drug-likeness (QED) is 0.376. The summed E-state index contributed by atoms with van der Waals surface area (Å²) in [6.45, 7) is 3.02. The third-order valence-corrected chi connectivity index (χ3v) is 5.55. The Hall–Kier alpha value is -3.39. The zero-order valence-electron chi connectivity index (χ0n) is 16.0. The van der Waals surface area contributed by atoms with Gasteiger partial charge in [0, 0.05) is 13.0 Å². The molecule has 0 aliphatic carbocycles. The molecule has 0 amide bonds. The molecule has 0 fully saturated rings. The first-order valence-corrected chi connectivity index (χ1v) is 9.75. The summed E-state index contributed by atoms with van der Waals surface area (Å²) >= 11 is 0. The number of fused-ring (bicyclic) bond motifs is 2. The molecule has 2 heteroatoms. The zero-order valence-corrected chi connectivity index (χ0v) is 16.0. The van der Waals surface area contributed by atoms with Gasteiger partial charge in [0.2, 0.25) is 0 Å². The van der Waals surface area contributed by atoms with E-state index in [4.69, 9.17) is 4.98 Å². The number of hydrogen-bond donors (Lipinski definition) is 0. The van der Waals surface area contributed by atoms with Gasteiger partial charge >= 0.3 is 0 Å². The lowest BCUT2D eigenvalue weighted by molar-refractivity contribution is 0.760. The summed E-state index contributed by atoms with van der Waals surface area (Å²) in [4.78, 5) is 5.00. The molecule has 0 unspecified atom stereocenters. The van der Waals surface area contributed by atoms with Crippen LogP contribution in [0.3, 0.4) is 0 Å². The van der Waals surface area contributed by atoms with Crippen LogP contribution < -0.4 is 0 Å². The molecule has 0 spiro atoms. The molecule has 1 heterocycles. The fourth-order valence-corrected chi connectivity index (χ4v) is 4.01. The molecular weight excluding hydrogens is 340 g/mol. The highest BCUT2D eigenvalue weighted by Gasteiger charge is 2.13. The van der Waals surface area contributed by atoms with Crippen LogP contribution in [0.1, 0.15) is 22.5 Å². The van der Waals surface area contributed by atoms with E-state index in [1.165, 1.54) is 33.0 Å². The molecule has 4 aromatic carbocycles. The average molecular weight is 362 g/mol.